The number of nitrogens with zero attached hydrogens (tertiary/aromatic N) is 2. The number of nitro groups is 1. The number of imide groups is 1. The van der Waals surface area contributed by atoms with Crippen LogP contribution in [0.2, 0.25) is 0 Å². The number of benzene rings is 1. The minimum absolute atomic E-state index is 0.0499. The summed E-state index contributed by atoms with van der Waals surface area (Å²) in [5, 5.41) is 15.7. The monoisotopic (exact) mass is 304 g/mol. The maximum absolute atomic E-state index is 11.9. The van der Waals surface area contributed by atoms with Gasteiger partial charge in [0.1, 0.15) is 0 Å². The number of fused-ring (bicyclic) bond motifs is 1. The summed E-state index contributed by atoms with van der Waals surface area (Å²) in [7, 11) is 0. The Kier molecular flexibility index (Phi) is 3.66. The summed E-state index contributed by atoms with van der Waals surface area (Å²) in [5.74, 6) is -0.385. The Bertz CT molecular complexity index is 642. The van der Waals surface area contributed by atoms with Crippen molar-refractivity contribution in [3.8, 4) is 0 Å². The average molecular weight is 304 g/mol. The number of carbonyl (C=O) groups excluding carboxylic acids is 2. The molecule has 0 bridgehead atoms. The van der Waals surface area contributed by atoms with Crippen LogP contribution in [-0.4, -0.2) is 36.0 Å². The van der Waals surface area contributed by atoms with Crippen molar-refractivity contribution in [3.63, 3.8) is 0 Å². The molecule has 1 aromatic carbocycles. The molecule has 3 amide bonds. The highest BCUT2D eigenvalue weighted by molar-refractivity contribution is 5.96. The first-order valence-electron chi connectivity index (χ1n) is 7.15. The number of urea groups is 1. The molecule has 0 saturated heterocycles. The molecular formula is C14H16N4O4. The quantitative estimate of drug-likeness (QED) is 0.636. The van der Waals surface area contributed by atoms with Gasteiger partial charge in [-0.3, -0.25) is 20.2 Å². The van der Waals surface area contributed by atoms with Gasteiger partial charge in [-0.25, -0.2) is 4.79 Å². The molecule has 8 nitrogen and oxygen atoms in total. The first-order chi connectivity index (χ1) is 10.5. The van der Waals surface area contributed by atoms with Crippen LogP contribution in [0.25, 0.3) is 0 Å². The minimum Gasteiger partial charge on any atom is -0.362 e. The second-order valence-electron chi connectivity index (χ2n) is 5.54. The lowest BCUT2D eigenvalue weighted by atomic mass is 10.1. The molecule has 2 N–H and O–H groups in total. The van der Waals surface area contributed by atoms with E-state index in [9.17, 15) is 19.7 Å². The summed E-state index contributed by atoms with van der Waals surface area (Å²) in [6.45, 7) is 0.664. The Morgan fingerprint density at radius 1 is 1.36 bits per heavy atom. The van der Waals surface area contributed by atoms with Crippen molar-refractivity contribution in [1.82, 2.24) is 10.6 Å². The van der Waals surface area contributed by atoms with Crippen molar-refractivity contribution in [2.45, 2.75) is 25.3 Å². The zero-order valence-corrected chi connectivity index (χ0v) is 11.9. The molecule has 0 aromatic heterocycles. The summed E-state index contributed by atoms with van der Waals surface area (Å²) >= 11 is 0. The lowest BCUT2D eigenvalue weighted by Crippen LogP contribution is -2.44. The molecule has 1 saturated carbocycles. The molecular weight excluding hydrogens is 288 g/mol. The third kappa shape index (κ3) is 3.16. The molecule has 2 aliphatic rings. The number of carbonyl (C=O) groups is 2. The minimum atomic E-state index is -0.462. The van der Waals surface area contributed by atoms with Gasteiger partial charge in [0.25, 0.3) is 5.69 Å². The molecule has 1 aromatic rings. The SMILES string of the molecule is O=C(CN1CCc2cc([N+](=O)[O-])ccc21)NC(=O)NC1CC1. The number of hydrogen-bond acceptors (Lipinski definition) is 5. The van der Waals surface area contributed by atoms with E-state index in [-0.39, 0.29) is 24.2 Å². The molecule has 1 aliphatic carbocycles. The normalized spacial score (nSPS) is 16.1. The van der Waals surface area contributed by atoms with E-state index in [2.05, 4.69) is 10.6 Å². The zero-order chi connectivity index (χ0) is 15.7. The van der Waals surface area contributed by atoms with Crippen molar-refractivity contribution >= 4 is 23.3 Å². The number of nitro benzene ring substituents is 1. The van der Waals surface area contributed by atoms with E-state index >= 15 is 0 Å². The maximum atomic E-state index is 11.9. The van der Waals surface area contributed by atoms with Gasteiger partial charge in [0, 0.05) is 30.4 Å². The summed E-state index contributed by atoms with van der Waals surface area (Å²) in [5.41, 5.74) is 1.71. The summed E-state index contributed by atoms with van der Waals surface area (Å²) in [4.78, 5) is 35.5. The van der Waals surface area contributed by atoms with Crippen molar-refractivity contribution in [1.29, 1.82) is 0 Å². The van der Waals surface area contributed by atoms with E-state index in [4.69, 9.17) is 0 Å². The number of non-ortho nitro benzene ring substituents is 1. The van der Waals surface area contributed by atoms with E-state index in [0.29, 0.717) is 13.0 Å². The van der Waals surface area contributed by atoms with E-state index in [0.717, 1.165) is 24.1 Å². The predicted molar refractivity (Wildman–Crippen MR) is 78.7 cm³/mol. The van der Waals surface area contributed by atoms with Gasteiger partial charge in [-0.1, -0.05) is 0 Å². The Labute approximate surface area is 126 Å². The smallest absolute Gasteiger partial charge is 0.321 e. The molecule has 1 fully saturated rings. The molecule has 0 atom stereocenters. The average Bonchev–Trinajstić information content (AvgIpc) is 3.18. The topological polar surface area (TPSA) is 105 Å². The first-order valence-corrected chi connectivity index (χ1v) is 7.15. The molecule has 1 heterocycles. The lowest BCUT2D eigenvalue weighted by molar-refractivity contribution is -0.384. The Hall–Kier alpha value is -2.64. The fourth-order valence-corrected chi connectivity index (χ4v) is 2.52. The van der Waals surface area contributed by atoms with Crippen LogP contribution in [0.1, 0.15) is 18.4 Å². The highest BCUT2D eigenvalue weighted by atomic mass is 16.6. The third-order valence-electron chi connectivity index (χ3n) is 3.77. The van der Waals surface area contributed by atoms with Crippen LogP contribution < -0.4 is 15.5 Å². The van der Waals surface area contributed by atoms with Crippen molar-refractivity contribution in [3.05, 3.63) is 33.9 Å². The lowest BCUT2D eigenvalue weighted by Gasteiger charge is -2.18. The van der Waals surface area contributed by atoms with Gasteiger partial charge in [0.2, 0.25) is 5.91 Å². The van der Waals surface area contributed by atoms with E-state index < -0.39 is 11.0 Å². The molecule has 1 aliphatic heterocycles. The van der Waals surface area contributed by atoms with Gasteiger partial charge < -0.3 is 10.2 Å². The van der Waals surface area contributed by atoms with Crippen LogP contribution in [0.15, 0.2) is 18.2 Å². The van der Waals surface area contributed by atoms with Gasteiger partial charge in [-0.2, -0.15) is 0 Å². The van der Waals surface area contributed by atoms with Crippen LogP contribution in [0.3, 0.4) is 0 Å². The number of amides is 3. The number of nitrogens with one attached hydrogen (secondary N) is 2. The van der Waals surface area contributed by atoms with Gasteiger partial charge in [0.05, 0.1) is 11.5 Å². The predicted octanol–water partition coefficient (Wildman–Crippen LogP) is 0.945. The van der Waals surface area contributed by atoms with Gasteiger partial charge in [-0.05, 0) is 30.9 Å². The largest absolute Gasteiger partial charge is 0.362 e. The van der Waals surface area contributed by atoms with Crippen LogP contribution in [-0.2, 0) is 11.2 Å². The molecule has 0 unspecified atom stereocenters. The highest BCUT2D eigenvalue weighted by Crippen LogP contribution is 2.30. The molecule has 116 valence electrons. The summed E-state index contributed by atoms with van der Waals surface area (Å²) in [6, 6.07) is 4.34. The Morgan fingerprint density at radius 2 is 2.14 bits per heavy atom. The van der Waals surface area contributed by atoms with Gasteiger partial charge in [0.15, 0.2) is 0 Å². The number of rotatable bonds is 4. The van der Waals surface area contributed by atoms with Crippen molar-refractivity contribution < 1.29 is 14.5 Å². The van der Waals surface area contributed by atoms with Crippen molar-refractivity contribution in [2.24, 2.45) is 0 Å². The summed E-state index contributed by atoms with van der Waals surface area (Å²) in [6.07, 6.45) is 2.57. The molecule has 8 heteroatoms. The Balaban J connectivity index is 1.59. The zero-order valence-electron chi connectivity index (χ0n) is 11.9. The molecule has 0 spiro atoms. The van der Waals surface area contributed by atoms with Crippen molar-refractivity contribution in [2.75, 3.05) is 18.0 Å². The Morgan fingerprint density at radius 3 is 2.82 bits per heavy atom. The van der Waals surface area contributed by atoms with Crippen LogP contribution >= 0.6 is 0 Å². The molecule has 22 heavy (non-hydrogen) atoms. The standard InChI is InChI=1S/C14H16N4O4/c19-13(16-14(20)15-10-1-2-10)8-17-6-5-9-7-11(18(21)22)3-4-12(9)17/h3-4,7,10H,1-2,5-6,8H2,(H2,15,16,19,20). The van der Waals surface area contributed by atoms with Crippen LogP contribution in [0, 0.1) is 10.1 Å². The fourth-order valence-electron chi connectivity index (χ4n) is 2.52. The molecule has 3 rings (SSSR count). The van der Waals surface area contributed by atoms with E-state index in [1.807, 2.05) is 4.90 Å². The summed E-state index contributed by atoms with van der Waals surface area (Å²) < 4.78 is 0. The van der Waals surface area contributed by atoms with Crippen LogP contribution in [0.5, 0.6) is 0 Å². The fraction of sp³-hybridized carbons (Fsp3) is 0.429. The van der Waals surface area contributed by atoms with Gasteiger partial charge in [-0.15, -0.1) is 0 Å². The highest BCUT2D eigenvalue weighted by Gasteiger charge is 2.26. The van der Waals surface area contributed by atoms with E-state index in [1.54, 1.807) is 6.07 Å². The first kappa shape index (κ1) is 14.3. The molecule has 0 radical (unpaired) electrons. The number of anilines is 1. The second kappa shape index (κ2) is 5.63. The van der Waals surface area contributed by atoms with Gasteiger partial charge >= 0.3 is 6.03 Å². The van der Waals surface area contributed by atoms with Crippen LogP contribution in [0.4, 0.5) is 16.2 Å². The third-order valence-corrected chi connectivity index (χ3v) is 3.77. The second-order valence-corrected chi connectivity index (χ2v) is 5.54. The van der Waals surface area contributed by atoms with E-state index in [1.165, 1.54) is 12.1 Å². The number of hydrogen-bond donors (Lipinski definition) is 2. The maximum Gasteiger partial charge on any atom is 0.321 e.